The van der Waals surface area contributed by atoms with Crippen molar-refractivity contribution in [3.63, 3.8) is 0 Å². The molecule has 0 spiro atoms. The molecule has 1 amide bonds. The minimum Gasteiger partial charge on any atom is -0.444 e. The van der Waals surface area contributed by atoms with Crippen molar-refractivity contribution in [2.75, 3.05) is 19.7 Å². The van der Waals surface area contributed by atoms with Crippen LogP contribution in [0.15, 0.2) is 0 Å². The van der Waals surface area contributed by atoms with Gasteiger partial charge in [-0.05, 0) is 51.9 Å². The Balaban J connectivity index is 2.78. The topological polar surface area (TPSA) is 50.8 Å². The molecule has 1 heterocycles. The summed E-state index contributed by atoms with van der Waals surface area (Å²) in [5, 5.41) is 3.63. The average Bonchev–Trinajstić information content (AvgIpc) is 2.77. The smallest absolute Gasteiger partial charge is 0.410 e. The summed E-state index contributed by atoms with van der Waals surface area (Å²) in [4.78, 5) is 14.4. The van der Waals surface area contributed by atoms with Crippen molar-refractivity contribution in [1.82, 2.24) is 10.2 Å². The lowest BCUT2D eigenvalue weighted by atomic mass is 10.2. The summed E-state index contributed by atoms with van der Waals surface area (Å²) >= 11 is 0. The van der Waals surface area contributed by atoms with Crippen LogP contribution in [0.25, 0.3) is 0 Å². The highest BCUT2D eigenvalue weighted by atomic mass is 28.4. The SMILES string of the molecule is CCN[C@H]1C[C@@H](CO[Si](C)(C)C(C)(C)C)N(C(=O)OC(C)(C)C)C1. The number of nitrogens with zero attached hydrogens (tertiary/aromatic N) is 1. The van der Waals surface area contributed by atoms with Crippen molar-refractivity contribution in [3.05, 3.63) is 0 Å². The molecule has 0 aromatic rings. The molecule has 1 aliphatic heterocycles. The predicted octanol–water partition coefficient (Wildman–Crippen LogP) is 4.00. The quantitative estimate of drug-likeness (QED) is 0.755. The highest BCUT2D eigenvalue weighted by Gasteiger charge is 2.41. The zero-order valence-electron chi connectivity index (χ0n) is 17.2. The van der Waals surface area contributed by atoms with E-state index in [1.54, 1.807) is 0 Å². The Morgan fingerprint density at radius 1 is 1.21 bits per heavy atom. The molecule has 0 aliphatic carbocycles. The molecule has 1 N–H and O–H groups in total. The van der Waals surface area contributed by atoms with Gasteiger partial charge in [-0.15, -0.1) is 0 Å². The van der Waals surface area contributed by atoms with Crippen LogP contribution in [0, 0.1) is 0 Å². The monoisotopic (exact) mass is 358 g/mol. The fourth-order valence-electron chi connectivity index (χ4n) is 2.58. The van der Waals surface area contributed by atoms with Gasteiger partial charge >= 0.3 is 6.09 Å². The van der Waals surface area contributed by atoms with Crippen LogP contribution >= 0.6 is 0 Å². The standard InChI is InChI=1S/C18H38N2O3Si/c1-10-19-14-11-15(13-22-24(8,9)18(5,6)7)20(12-14)16(21)23-17(2,3)4/h14-15,19H,10-13H2,1-9H3/t14-,15-/m0/s1. The van der Waals surface area contributed by atoms with Crippen LogP contribution in [0.2, 0.25) is 18.1 Å². The largest absolute Gasteiger partial charge is 0.444 e. The maximum atomic E-state index is 12.6. The van der Waals surface area contributed by atoms with Crippen molar-refractivity contribution >= 4 is 14.4 Å². The van der Waals surface area contributed by atoms with E-state index in [1.165, 1.54) is 0 Å². The van der Waals surface area contributed by atoms with Crippen LogP contribution in [-0.4, -0.2) is 56.7 Å². The van der Waals surface area contributed by atoms with E-state index in [4.69, 9.17) is 9.16 Å². The first-order valence-corrected chi connectivity index (χ1v) is 12.0. The fourth-order valence-corrected chi connectivity index (χ4v) is 3.62. The number of rotatable bonds is 5. The van der Waals surface area contributed by atoms with E-state index < -0.39 is 13.9 Å². The molecule has 1 saturated heterocycles. The summed E-state index contributed by atoms with van der Waals surface area (Å²) in [6, 6.07) is 0.397. The fraction of sp³-hybridized carbons (Fsp3) is 0.944. The zero-order valence-corrected chi connectivity index (χ0v) is 18.2. The second-order valence-corrected chi connectivity index (χ2v) is 14.2. The highest BCUT2D eigenvalue weighted by Crippen LogP contribution is 2.37. The number of nitrogens with one attached hydrogen (secondary N) is 1. The lowest BCUT2D eigenvalue weighted by Crippen LogP contribution is -2.47. The number of likely N-dealkylation sites (tertiary alicyclic amines) is 1. The molecule has 1 aliphatic rings. The number of hydrogen-bond acceptors (Lipinski definition) is 4. The van der Waals surface area contributed by atoms with E-state index in [-0.39, 0.29) is 17.2 Å². The molecule has 5 nitrogen and oxygen atoms in total. The summed E-state index contributed by atoms with van der Waals surface area (Å²) in [5.74, 6) is 0. The van der Waals surface area contributed by atoms with Gasteiger partial charge in [-0.1, -0.05) is 27.7 Å². The Kier molecular flexibility index (Phi) is 6.92. The van der Waals surface area contributed by atoms with Crippen LogP contribution in [0.4, 0.5) is 4.79 Å². The molecule has 6 heteroatoms. The first-order chi connectivity index (χ1) is 10.8. The third-order valence-corrected chi connectivity index (χ3v) is 9.48. The van der Waals surface area contributed by atoms with E-state index in [0.29, 0.717) is 19.2 Å². The summed E-state index contributed by atoms with van der Waals surface area (Å²) in [5.41, 5.74) is -0.474. The summed E-state index contributed by atoms with van der Waals surface area (Å²) in [6.07, 6.45) is 0.688. The Morgan fingerprint density at radius 2 is 1.79 bits per heavy atom. The lowest BCUT2D eigenvalue weighted by molar-refractivity contribution is 0.0179. The Labute approximate surface area is 149 Å². The van der Waals surface area contributed by atoms with Gasteiger partial charge < -0.3 is 19.4 Å². The maximum absolute atomic E-state index is 12.6. The maximum Gasteiger partial charge on any atom is 0.410 e. The van der Waals surface area contributed by atoms with Crippen LogP contribution in [-0.2, 0) is 9.16 Å². The Hall–Kier alpha value is -0.593. The molecule has 2 atom stereocenters. The first-order valence-electron chi connectivity index (χ1n) is 9.14. The van der Waals surface area contributed by atoms with Crippen molar-refractivity contribution in [2.24, 2.45) is 0 Å². The van der Waals surface area contributed by atoms with E-state index in [2.05, 4.69) is 46.1 Å². The van der Waals surface area contributed by atoms with Crippen LogP contribution < -0.4 is 5.32 Å². The lowest BCUT2D eigenvalue weighted by Gasteiger charge is -2.38. The summed E-state index contributed by atoms with van der Waals surface area (Å²) in [7, 11) is -1.82. The van der Waals surface area contributed by atoms with Gasteiger partial charge in [0, 0.05) is 12.6 Å². The molecule has 1 fully saturated rings. The number of hydrogen-bond donors (Lipinski definition) is 1. The van der Waals surface area contributed by atoms with Crippen molar-refractivity contribution < 1.29 is 14.0 Å². The molecule has 0 unspecified atom stereocenters. The molecule has 24 heavy (non-hydrogen) atoms. The van der Waals surface area contributed by atoms with Gasteiger partial charge in [0.2, 0.25) is 0 Å². The van der Waals surface area contributed by atoms with Gasteiger partial charge in [-0.3, -0.25) is 0 Å². The minimum absolute atomic E-state index is 0.0815. The molecule has 142 valence electrons. The number of amides is 1. The zero-order chi connectivity index (χ0) is 18.8. The minimum atomic E-state index is -1.82. The first kappa shape index (κ1) is 21.4. The second-order valence-electron chi connectivity index (χ2n) is 9.35. The normalized spacial score (nSPS) is 22.8. The molecule has 0 aromatic heterocycles. The van der Waals surface area contributed by atoms with Gasteiger partial charge in [0.15, 0.2) is 8.32 Å². The van der Waals surface area contributed by atoms with E-state index in [0.717, 1.165) is 13.0 Å². The Bertz CT molecular complexity index is 427. The van der Waals surface area contributed by atoms with Gasteiger partial charge in [-0.2, -0.15) is 0 Å². The summed E-state index contributed by atoms with van der Waals surface area (Å²) in [6.45, 7) is 21.2. The van der Waals surface area contributed by atoms with E-state index in [9.17, 15) is 4.79 Å². The van der Waals surface area contributed by atoms with E-state index in [1.807, 2.05) is 25.7 Å². The molecule has 0 radical (unpaired) electrons. The van der Waals surface area contributed by atoms with Gasteiger partial charge in [-0.25, -0.2) is 4.79 Å². The highest BCUT2D eigenvalue weighted by molar-refractivity contribution is 6.74. The van der Waals surface area contributed by atoms with Gasteiger partial charge in [0.25, 0.3) is 0 Å². The molecule has 1 rings (SSSR count). The van der Waals surface area contributed by atoms with E-state index >= 15 is 0 Å². The van der Waals surface area contributed by atoms with Crippen LogP contribution in [0.1, 0.15) is 54.9 Å². The third kappa shape index (κ3) is 6.04. The predicted molar refractivity (Wildman–Crippen MR) is 102 cm³/mol. The molecule has 0 bridgehead atoms. The number of likely N-dealkylation sites (N-methyl/N-ethyl adjacent to an activating group) is 1. The number of carbonyl (C=O) groups excluding carboxylic acids is 1. The van der Waals surface area contributed by atoms with Crippen LogP contribution in [0.3, 0.4) is 0 Å². The molecule has 0 saturated carbocycles. The summed E-state index contributed by atoms with van der Waals surface area (Å²) < 4.78 is 12.0. The van der Waals surface area contributed by atoms with Crippen LogP contribution in [0.5, 0.6) is 0 Å². The molecular formula is C18H38N2O3Si. The number of ether oxygens (including phenoxy) is 1. The Morgan fingerprint density at radius 3 is 2.25 bits per heavy atom. The molecule has 0 aromatic carbocycles. The molecular weight excluding hydrogens is 320 g/mol. The average molecular weight is 359 g/mol. The third-order valence-electron chi connectivity index (χ3n) is 4.98. The van der Waals surface area contributed by atoms with Gasteiger partial charge in [0.1, 0.15) is 5.60 Å². The van der Waals surface area contributed by atoms with Crippen molar-refractivity contribution in [3.8, 4) is 0 Å². The number of carbonyl (C=O) groups is 1. The van der Waals surface area contributed by atoms with Crippen molar-refractivity contribution in [2.45, 2.75) is 90.7 Å². The van der Waals surface area contributed by atoms with Crippen molar-refractivity contribution in [1.29, 1.82) is 0 Å². The second kappa shape index (κ2) is 7.75. The van der Waals surface area contributed by atoms with Gasteiger partial charge in [0.05, 0.1) is 12.6 Å².